The van der Waals surface area contributed by atoms with Gasteiger partial charge in [-0.15, -0.1) is 0 Å². The van der Waals surface area contributed by atoms with E-state index < -0.39 is 22.1 Å². The Kier molecular flexibility index (Phi) is 9.88. The number of ether oxygens (including phenoxy) is 2. The van der Waals surface area contributed by atoms with Gasteiger partial charge >= 0.3 is 11.9 Å². The Morgan fingerprint density at radius 3 is 1.91 bits per heavy atom. The van der Waals surface area contributed by atoms with Crippen LogP contribution in [0, 0.1) is 24.8 Å². The van der Waals surface area contributed by atoms with Crippen LogP contribution in [0.25, 0.3) is 0 Å². The van der Waals surface area contributed by atoms with E-state index in [1.165, 1.54) is 18.2 Å². The monoisotopic (exact) mass is 1040 g/mol. The summed E-state index contributed by atoms with van der Waals surface area (Å²) in [5.74, 6) is -1.10. The van der Waals surface area contributed by atoms with E-state index >= 15 is 0 Å². The minimum absolute atomic E-state index is 0.0218. The Labute approximate surface area is 263 Å². The van der Waals surface area contributed by atoms with Gasteiger partial charge in [-0.05, 0) is 156 Å². The molecule has 3 rings (SSSR count). The SMILES string of the molecule is Cc1cccc(C(=O)Oc2c(I)cc(I)cc2I)c1C(=O)Oc1cc(I)c(S(=O)(=O)[O-])c(I)c1. The van der Waals surface area contributed by atoms with Crippen LogP contribution in [-0.2, 0) is 10.1 Å². The van der Waals surface area contributed by atoms with Gasteiger partial charge in [0.1, 0.15) is 15.9 Å². The largest absolute Gasteiger partial charge is 0.744 e. The van der Waals surface area contributed by atoms with Crippen molar-refractivity contribution < 1.29 is 32.0 Å². The number of carbonyl (C=O) groups excluding carboxylic acids is 2. The molecule has 0 aliphatic carbocycles. The average molecular weight is 1040 g/mol. The molecule has 34 heavy (non-hydrogen) atoms. The summed E-state index contributed by atoms with van der Waals surface area (Å²) in [5.41, 5.74) is 0.543. The highest BCUT2D eigenvalue weighted by molar-refractivity contribution is 14.1. The maximum absolute atomic E-state index is 13.1. The maximum Gasteiger partial charge on any atom is 0.344 e. The molecule has 0 bridgehead atoms. The van der Waals surface area contributed by atoms with Gasteiger partial charge in [0, 0.05) is 10.7 Å². The minimum atomic E-state index is -4.69. The Morgan fingerprint density at radius 2 is 1.38 bits per heavy atom. The summed E-state index contributed by atoms with van der Waals surface area (Å²) in [5, 5.41) is 0. The Morgan fingerprint density at radius 1 is 0.824 bits per heavy atom. The molecule has 3 aromatic carbocycles. The molecule has 0 radical (unpaired) electrons. The highest BCUT2D eigenvalue weighted by atomic mass is 127. The van der Waals surface area contributed by atoms with Crippen molar-refractivity contribution in [3.05, 3.63) is 77.0 Å². The number of halogens is 5. The van der Waals surface area contributed by atoms with Crippen molar-refractivity contribution in [2.24, 2.45) is 0 Å². The molecule has 0 spiro atoms. The van der Waals surface area contributed by atoms with E-state index in [-0.39, 0.29) is 28.9 Å². The highest BCUT2D eigenvalue weighted by Crippen LogP contribution is 2.32. The lowest BCUT2D eigenvalue weighted by Crippen LogP contribution is -2.19. The molecule has 0 atom stereocenters. The summed E-state index contributed by atoms with van der Waals surface area (Å²) < 4.78 is 48.3. The molecule has 0 N–H and O–H groups in total. The van der Waals surface area contributed by atoms with E-state index in [0.29, 0.717) is 11.3 Å². The van der Waals surface area contributed by atoms with Crippen LogP contribution in [-0.4, -0.2) is 24.9 Å². The molecule has 0 amide bonds. The van der Waals surface area contributed by atoms with Gasteiger partial charge in [0.25, 0.3) is 0 Å². The average Bonchev–Trinajstić information content (AvgIpc) is 2.68. The predicted octanol–water partition coefficient (Wildman–Crippen LogP) is 6.36. The summed E-state index contributed by atoms with van der Waals surface area (Å²) in [6, 6.07) is 11.0. The van der Waals surface area contributed by atoms with Crippen LogP contribution >= 0.6 is 113 Å². The summed E-state index contributed by atoms with van der Waals surface area (Å²) in [6.07, 6.45) is 0. The van der Waals surface area contributed by atoms with Crippen molar-refractivity contribution in [3.8, 4) is 11.5 Å². The predicted molar refractivity (Wildman–Crippen MR) is 166 cm³/mol. The fourth-order valence-corrected chi connectivity index (χ4v) is 10.6. The number of aryl methyl sites for hydroxylation is 1. The van der Waals surface area contributed by atoms with Gasteiger partial charge in [-0.1, -0.05) is 12.1 Å². The number of hydrogen-bond acceptors (Lipinski definition) is 7. The molecule has 0 fully saturated rings. The highest BCUT2D eigenvalue weighted by Gasteiger charge is 2.25. The fourth-order valence-electron chi connectivity index (χ4n) is 2.88. The third-order valence-electron chi connectivity index (χ3n) is 4.29. The lowest BCUT2D eigenvalue weighted by atomic mass is 10.0. The van der Waals surface area contributed by atoms with Crippen molar-refractivity contribution in [2.45, 2.75) is 11.8 Å². The number of hydrogen-bond donors (Lipinski definition) is 0. The zero-order valence-corrected chi connectivity index (χ0v) is 28.3. The second kappa shape index (κ2) is 11.7. The van der Waals surface area contributed by atoms with Crippen molar-refractivity contribution >= 4 is 135 Å². The number of benzene rings is 3. The quantitative estimate of drug-likeness (QED) is 0.127. The van der Waals surface area contributed by atoms with Crippen molar-refractivity contribution in [2.75, 3.05) is 0 Å². The van der Waals surface area contributed by atoms with Crippen molar-refractivity contribution in [3.63, 3.8) is 0 Å². The molecular weight excluding hydrogens is 1030 g/mol. The minimum Gasteiger partial charge on any atom is -0.744 e. The zero-order valence-electron chi connectivity index (χ0n) is 16.7. The second-order valence-corrected chi connectivity index (χ2v) is 13.9. The lowest BCUT2D eigenvalue weighted by Gasteiger charge is -2.15. The van der Waals surface area contributed by atoms with Gasteiger partial charge in [0.05, 0.1) is 23.2 Å². The molecule has 0 unspecified atom stereocenters. The molecule has 13 heteroatoms. The van der Waals surface area contributed by atoms with Gasteiger partial charge in [-0.2, -0.15) is 0 Å². The third-order valence-corrected chi connectivity index (χ3v) is 9.89. The molecule has 0 heterocycles. The molecule has 7 nitrogen and oxygen atoms in total. The maximum atomic E-state index is 13.1. The van der Waals surface area contributed by atoms with Crippen LogP contribution in [0.1, 0.15) is 26.3 Å². The first kappa shape index (κ1) is 28.7. The zero-order chi connectivity index (χ0) is 25.4. The summed E-state index contributed by atoms with van der Waals surface area (Å²) >= 11 is 9.71. The van der Waals surface area contributed by atoms with Crippen LogP contribution < -0.4 is 9.47 Å². The number of rotatable bonds is 5. The molecule has 0 aliphatic rings. The first-order chi connectivity index (χ1) is 15.8. The number of carbonyl (C=O) groups is 2. The molecule has 0 saturated carbocycles. The molecule has 0 aromatic heterocycles. The topological polar surface area (TPSA) is 110 Å². The van der Waals surface area contributed by atoms with E-state index in [4.69, 9.17) is 9.47 Å². The standard InChI is InChI=1S/C21H11I5O7S/c1-9-3-2-4-12(20(27)33-18-13(23)5-10(22)6-14(18)24)17(9)21(28)32-11-7-15(25)19(16(26)8-11)34(29,30)31/h2-8H,1H3,(H,29,30,31)/p-1. The summed E-state index contributed by atoms with van der Waals surface area (Å²) in [6.45, 7) is 1.66. The Balaban J connectivity index is 1.96. The van der Waals surface area contributed by atoms with Crippen LogP contribution in [0.3, 0.4) is 0 Å². The van der Waals surface area contributed by atoms with Gasteiger partial charge in [-0.3, -0.25) is 0 Å². The Hall–Kier alpha value is 0.160. The van der Waals surface area contributed by atoms with E-state index in [9.17, 15) is 22.6 Å². The summed E-state index contributed by atoms with van der Waals surface area (Å²) in [7, 11) is -4.69. The van der Waals surface area contributed by atoms with Crippen LogP contribution in [0.2, 0.25) is 0 Å². The van der Waals surface area contributed by atoms with E-state index in [1.54, 1.807) is 64.2 Å². The van der Waals surface area contributed by atoms with Gasteiger partial charge in [-0.25, -0.2) is 18.0 Å². The third kappa shape index (κ3) is 6.72. The van der Waals surface area contributed by atoms with Gasteiger partial charge in [0.2, 0.25) is 0 Å². The molecule has 0 saturated heterocycles. The van der Waals surface area contributed by atoms with Crippen molar-refractivity contribution in [1.82, 2.24) is 0 Å². The van der Waals surface area contributed by atoms with Crippen LogP contribution in [0.5, 0.6) is 11.5 Å². The number of esters is 2. The smallest absolute Gasteiger partial charge is 0.344 e. The van der Waals surface area contributed by atoms with Crippen LogP contribution in [0.4, 0.5) is 0 Å². The normalized spacial score (nSPS) is 11.3. The van der Waals surface area contributed by atoms with Gasteiger partial charge < -0.3 is 14.0 Å². The lowest BCUT2D eigenvalue weighted by molar-refractivity contribution is 0.0689. The molecule has 178 valence electrons. The van der Waals surface area contributed by atoms with E-state index in [2.05, 4.69) is 67.8 Å². The van der Waals surface area contributed by atoms with Crippen LogP contribution in [0.15, 0.2) is 47.4 Å². The summed E-state index contributed by atoms with van der Waals surface area (Å²) in [4.78, 5) is 25.8. The van der Waals surface area contributed by atoms with E-state index in [0.717, 1.165) is 10.7 Å². The Bertz CT molecular complexity index is 1390. The molecular formula is C21H10I5O7S-. The van der Waals surface area contributed by atoms with Gasteiger partial charge in [0.15, 0.2) is 5.75 Å². The van der Waals surface area contributed by atoms with Crippen molar-refractivity contribution in [1.29, 1.82) is 0 Å². The first-order valence-corrected chi connectivity index (χ1v) is 15.7. The first-order valence-electron chi connectivity index (χ1n) is 8.93. The van der Waals surface area contributed by atoms with E-state index in [1.807, 2.05) is 12.1 Å². The molecule has 0 aliphatic heterocycles. The second-order valence-electron chi connectivity index (χ2n) is 6.65. The molecule has 3 aromatic rings. The fraction of sp³-hybridized carbons (Fsp3) is 0.0476.